The van der Waals surface area contributed by atoms with Crippen LogP contribution in [0.15, 0.2) is 66.0 Å². The molecule has 0 saturated carbocycles. The summed E-state index contributed by atoms with van der Waals surface area (Å²) in [5.41, 5.74) is 3.50. The smallest absolute Gasteiger partial charge is 0.336 e. The van der Waals surface area contributed by atoms with Gasteiger partial charge in [-0.3, -0.25) is 0 Å². The fourth-order valence-corrected chi connectivity index (χ4v) is 4.05. The summed E-state index contributed by atoms with van der Waals surface area (Å²) in [6.45, 7) is 0. The number of halogens is 3. The Morgan fingerprint density at radius 1 is 0.897 bits per heavy atom. The zero-order valence-corrected chi connectivity index (χ0v) is 17.0. The van der Waals surface area contributed by atoms with Crippen LogP contribution in [0.1, 0.15) is 10.4 Å². The highest BCUT2D eigenvalue weighted by atomic mass is 35.5. The van der Waals surface area contributed by atoms with Crippen molar-refractivity contribution in [3.05, 3.63) is 87.5 Å². The zero-order valence-electron chi connectivity index (χ0n) is 14.7. The fourth-order valence-electron chi connectivity index (χ4n) is 2.93. The van der Waals surface area contributed by atoms with Crippen molar-refractivity contribution in [1.29, 1.82) is 0 Å². The van der Waals surface area contributed by atoms with Crippen LogP contribution in [0.3, 0.4) is 0 Å². The SMILES string of the molecule is O=C(O)c1cc(-c2nc(-c3ccc(Cl)c(Cl)c3)cs2)ccc1-c1ccc(F)cc1. The normalized spacial score (nSPS) is 10.9. The number of carboxylic acids is 1. The second-order valence-electron chi connectivity index (χ2n) is 6.24. The van der Waals surface area contributed by atoms with Crippen LogP contribution in [0.4, 0.5) is 4.39 Å². The molecule has 0 fully saturated rings. The van der Waals surface area contributed by atoms with Crippen LogP contribution >= 0.6 is 34.5 Å². The maximum Gasteiger partial charge on any atom is 0.336 e. The predicted molar refractivity (Wildman–Crippen MR) is 115 cm³/mol. The quantitative estimate of drug-likeness (QED) is 0.360. The molecule has 0 amide bonds. The number of thiazole rings is 1. The van der Waals surface area contributed by atoms with Gasteiger partial charge >= 0.3 is 5.97 Å². The van der Waals surface area contributed by atoms with Crippen molar-refractivity contribution in [2.75, 3.05) is 0 Å². The van der Waals surface area contributed by atoms with Gasteiger partial charge in [-0.15, -0.1) is 11.3 Å². The molecule has 0 aliphatic rings. The van der Waals surface area contributed by atoms with E-state index in [4.69, 9.17) is 23.2 Å². The molecule has 1 aromatic heterocycles. The Labute approximate surface area is 180 Å². The highest BCUT2D eigenvalue weighted by Crippen LogP contribution is 2.34. The van der Waals surface area contributed by atoms with Gasteiger partial charge in [0.25, 0.3) is 0 Å². The van der Waals surface area contributed by atoms with Crippen molar-refractivity contribution < 1.29 is 14.3 Å². The number of rotatable bonds is 4. The van der Waals surface area contributed by atoms with E-state index in [2.05, 4.69) is 4.98 Å². The first-order valence-corrected chi connectivity index (χ1v) is 10.1. The van der Waals surface area contributed by atoms with Gasteiger partial charge in [0.15, 0.2) is 0 Å². The molecule has 0 unspecified atom stereocenters. The van der Waals surface area contributed by atoms with E-state index in [-0.39, 0.29) is 11.4 Å². The summed E-state index contributed by atoms with van der Waals surface area (Å²) in [5, 5.41) is 13.1. The molecule has 0 radical (unpaired) electrons. The van der Waals surface area contributed by atoms with E-state index in [1.807, 2.05) is 17.5 Å². The highest BCUT2D eigenvalue weighted by Gasteiger charge is 2.15. The Kier molecular flexibility index (Phi) is 5.37. The van der Waals surface area contributed by atoms with Crippen LogP contribution in [0.5, 0.6) is 0 Å². The molecule has 144 valence electrons. The van der Waals surface area contributed by atoms with Gasteiger partial charge < -0.3 is 5.11 Å². The second-order valence-corrected chi connectivity index (χ2v) is 7.91. The summed E-state index contributed by atoms with van der Waals surface area (Å²) in [6.07, 6.45) is 0. The third-order valence-corrected chi connectivity index (χ3v) is 6.00. The summed E-state index contributed by atoms with van der Waals surface area (Å²) in [4.78, 5) is 16.4. The zero-order chi connectivity index (χ0) is 20.5. The molecule has 3 nitrogen and oxygen atoms in total. The number of benzene rings is 3. The van der Waals surface area contributed by atoms with E-state index >= 15 is 0 Å². The molecule has 1 heterocycles. The average Bonchev–Trinajstić information content (AvgIpc) is 3.20. The number of carboxylic acid groups (broad SMARTS) is 1. The topological polar surface area (TPSA) is 50.2 Å². The van der Waals surface area contributed by atoms with Gasteiger partial charge in [-0.05, 0) is 41.5 Å². The molecule has 0 atom stereocenters. The van der Waals surface area contributed by atoms with Crippen LogP contribution in [-0.4, -0.2) is 16.1 Å². The monoisotopic (exact) mass is 443 g/mol. The number of hydrogen-bond acceptors (Lipinski definition) is 3. The van der Waals surface area contributed by atoms with Crippen LogP contribution in [0.25, 0.3) is 33.0 Å². The molecule has 7 heteroatoms. The second kappa shape index (κ2) is 7.95. The van der Waals surface area contributed by atoms with E-state index in [0.29, 0.717) is 31.7 Å². The lowest BCUT2D eigenvalue weighted by Crippen LogP contribution is -2.00. The van der Waals surface area contributed by atoms with Gasteiger partial charge in [-0.2, -0.15) is 0 Å². The van der Waals surface area contributed by atoms with Crippen molar-refractivity contribution in [2.24, 2.45) is 0 Å². The first-order chi connectivity index (χ1) is 13.9. The number of nitrogens with zero attached hydrogens (tertiary/aromatic N) is 1. The molecule has 0 bridgehead atoms. The molecule has 3 aromatic carbocycles. The van der Waals surface area contributed by atoms with Crippen molar-refractivity contribution in [3.63, 3.8) is 0 Å². The number of aromatic nitrogens is 1. The molecule has 0 spiro atoms. The molecular formula is C22H12Cl2FNO2S. The summed E-state index contributed by atoms with van der Waals surface area (Å²) >= 11 is 13.4. The van der Waals surface area contributed by atoms with Crippen molar-refractivity contribution >= 4 is 40.5 Å². The fraction of sp³-hybridized carbons (Fsp3) is 0. The predicted octanol–water partition coefficient (Wildman–Crippen LogP) is 7.29. The van der Waals surface area contributed by atoms with Gasteiger partial charge in [0.1, 0.15) is 10.8 Å². The lowest BCUT2D eigenvalue weighted by Gasteiger charge is -2.08. The maximum absolute atomic E-state index is 13.2. The summed E-state index contributed by atoms with van der Waals surface area (Å²) < 4.78 is 13.2. The highest BCUT2D eigenvalue weighted by molar-refractivity contribution is 7.13. The Morgan fingerprint density at radius 2 is 1.59 bits per heavy atom. The van der Waals surface area contributed by atoms with Crippen molar-refractivity contribution in [1.82, 2.24) is 4.98 Å². The van der Waals surface area contributed by atoms with E-state index < -0.39 is 5.97 Å². The first kappa shape index (κ1) is 19.6. The number of aromatic carboxylic acids is 1. The minimum Gasteiger partial charge on any atom is -0.478 e. The Bertz CT molecular complexity index is 1220. The van der Waals surface area contributed by atoms with Crippen molar-refractivity contribution in [3.8, 4) is 33.0 Å². The molecule has 0 aliphatic carbocycles. The van der Waals surface area contributed by atoms with Crippen LogP contribution in [0.2, 0.25) is 10.0 Å². The first-order valence-electron chi connectivity index (χ1n) is 8.47. The number of hydrogen-bond donors (Lipinski definition) is 1. The average molecular weight is 444 g/mol. The van der Waals surface area contributed by atoms with Gasteiger partial charge in [0, 0.05) is 16.5 Å². The lowest BCUT2D eigenvalue weighted by atomic mass is 9.97. The minimum atomic E-state index is -1.06. The molecule has 29 heavy (non-hydrogen) atoms. The molecule has 0 aliphatic heterocycles. The summed E-state index contributed by atoms with van der Waals surface area (Å²) in [7, 11) is 0. The van der Waals surface area contributed by atoms with Crippen LogP contribution in [-0.2, 0) is 0 Å². The molecule has 4 aromatic rings. The lowest BCUT2D eigenvalue weighted by molar-refractivity contribution is 0.0698. The molecular weight excluding hydrogens is 432 g/mol. The van der Waals surface area contributed by atoms with Crippen LogP contribution in [0, 0.1) is 5.82 Å². The van der Waals surface area contributed by atoms with Crippen molar-refractivity contribution in [2.45, 2.75) is 0 Å². The summed E-state index contributed by atoms with van der Waals surface area (Å²) in [5.74, 6) is -1.44. The largest absolute Gasteiger partial charge is 0.478 e. The van der Waals surface area contributed by atoms with Crippen LogP contribution < -0.4 is 0 Å². The molecule has 1 N–H and O–H groups in total. The third-order valence-electron chi connectivity index (χ3n) is 4.37. The molecule has 4 rings (SSSR count). The Hall–Kier alpha value is -2.73. The van der Waals surface area contributed by atoms with Gasteiger partial charge in [0.05, 0.1) is 21.3 Å². The van der Waals surface area contributed by atoms with E-state index in [9.17, 15) is 14.3 Å². The van der Waals surface area contributed by atoms with Gasteiger partial charge in [0.2, 0.25) is 0 Å². The summed E-state index contributed by atoms with van der Waals surface area (Å²) in [6, 6.07) is 16.1. The van der Waals surface area contributed by atoms with E-state index in [1.165, 1.54) is 23.5 Å². The Balaban J connectivity index is 1.73. The van der Waals surface area contributed by atoms with E-state index in [0.717, 1.165) is 11.3 Å². The van der Waals surface area contributed by atoms with E-state index in [1.54, 1.807) is 36.4 Å². The van der Waals surface area contributed by atoms with Gasteiger partial charge in [-0.25, -0.2) is 14.2 Å². The standard InChI is InChI=1S/C22H12Cl2FNO2S/c23-18-8-4-13(10-19(18)24)20-11-29-21(26-20)14-3-7-16(17(9-14)22(27)28)12-1-5-15(25)6-2-12/h1-11H,(H,27,28). The molecule has 0 saturated heterocycles. The maximum atomic E-state index is 13.2. The minimum absolute atomic E-state index is 0.125. The third kappa shape index (κ3) is 4.03. The Morgan fingerprint density at radius 3 is 2.28 bits per heavy atom. The number of carbonyl (C=O) groups is 1. The van der Waals surface area contributed by atoms with Gasteiger partial charge in [-0.1, -0.05) is 53.5 Å².